The second-order valence-corrected chi connectivity index (χ2v) is 6.46. The number of nitrogens with zero attached hydrogens (tertiary/aromatic N) is 6. The molecule has 0 bridgehead atoms. The summed E-state index contributed by atoms with van der Waals surface area (Å²) in [4.78, 5) is 21.5. The lowest BCUT2D eigenvalue weighted by Gasteiger charge is -2.35. The molecule has 2 aromatic heterocycles. The summed E-state index contributed by atoms with van der Waals surface area (Å²) in [5.74, 6) is 0.746. The van der Waals surface area contributed by atoms with Gasteiger partial charge in [0.15, 0.2) is 5.82 Å². The van der Waals surface area contributed by atoms with Crippen molar-refractivity contribution in [2.75, 3.05) is 51.3 Å². The summed E-state index contributed by atoms with van der Waals surface area (Å²) in [6.07, 6.45) is 6.89. The van der Waals surface area contributed by atoms with Crippen molar-refractivity contribution < 1.29 is 9.53 Å². The molecule has 25 heavy (non-hydrogen) atoms. The predicted molar refractivity (Wildman–Crippen MR) is 91.3 cm³/mol. The van der Waals surface area contributed by atoms with Gasteiger partial charge in [0.2, 0.25) is 11.6 Å². The highest BCUT2D eigenvalue weighted by Crippen LogP contribution is 2.18. The third-order valence-electron chi connectivity index (χ3n) is 4.85. The van der Waals surface area contributed by atoms with Gasteiger partial charge in [0.05, 0.1) is 13.2 Å². The van der Waals surface area contributed by atoms with Crippen LogP contribution >= 0.6 is 0 Å². The van der Waals surface area contributed by atoms with E-state index in [0.717, 1.165) is 58.8 Å². The summed E-state index contributed by atoms with van der Waals surface area (Å²) < 4.78 is 7.16. The van der Waals surface area contributed by atoms with E-state index in [1.165, 1.54) is 0 Å². The van der Waals surface area contributed by atoms with E-state index < -0.39 is 0 Å². The first-order chi connectivity index (χ1) is 12.3. The molecule has 0 spiro atoms. The highest BCUT2D eigenvalue weighted by atomic mass is 16.5. The monoisotopic (exact) mass is 345 g/mol. The Morgan fingerprint density at radius 3 is 3.00 bits per heavy atom. The Morgan fingerprint density at radius 2 is 2.12 bits per heavy atom. The van der Waals surface area contributed by atoms with E-state index in [1.807, 2.05) is 4.90 Å². The van der Waals surface area contributed by atoms with Crippen molar-refractivity contribution in [2.45, 2.75) is 18.9 Å². The number of ether oxygens (including phenoxy) is 1. The molecule has 1 N–H and O–H groups in total. The number of piperidine rings is 1. The molecule has 0 saturated carbocycles. The van der Waals surface area contributed by atoms with Crippen molar-refractivity contribution in [1.82, 2.24) is 29.4 Å². The van der Waals surface area contributed by atoms with Crippen LogP contribution in [0.4, 0.5) is 5.82 Å². The van der Waals surface area contributed by atoms with E-state index in [0.29, 0.717) is 11.5 Å². The normalized spacial score (nSPS) is 22.5. The number of anilines is 1. The van der Waals surface area contributed by atoms with Crippen LogP contribution in [0.15, 0.2) is 18.7 Å². The van der Waals surface area contributed by atoms with E-state index in [4.69, 9.17) is 4.74 Å². The van der Waals surface area contributed by atoms with Gasteiger partial charge in [0, 0.05) is 45.1 Å². The lowest BCUT2D eigenvalue weighted by molar-refractivity contribution is -0.134. The van der Waals surface area contributed by atoms with Crippen molar-refractivity contribution in [3.63, 3.8) is 0 Å². The molecular weight excluding hydrogens is 322 g/mol. The molecule has 1 amide bonds. The molecule has 2 aliphatic heterocycles. The maximum atomic E-state index is 12.8. The quantitative estimate of drug-likeness (QED) is 0.807. The molecule has 2 aromatic rings. The van der Waals surface area contributed by atoms with E-state index in [2.05, 4.69) is 25.4 Å². The van der Waals surface area contributed by atoms with Crippen LogP contribution in [-0.4, -0.2) is 87.3 Å². The molecule has 9 nitrogen and oxygen atoms in total. The van der Waals surface area contributed by atoms with Crippen LogP contribution in [0.5, 0.6) is 0 Å². The zero-order valence-corrected chi connectivity index (χ0v) is 14.2. The number of aromatic nitrogens is 4. The van der Waals surface area contributed by atoms with Gasteiger partial charge in [-0.2, -0.15) is 0 Å². The fraction of sp³-hybridized carbons (Fsp3) is 0.625. The minimum atomic E-state index is -0.256. The summed E-state index contributed by atoms with van der Waals surface area (Å²) in [7, 11) is 0. The molecule has 2 fully saturated rings. The van der Waals surface area contributed by atoms with Gasteiger partial charge in [-0.25, -0.2) is 4.98 Å². The largest absolute Gasteiger partial charge is 0.379 e. The van der Waals surface area contributed by atoms with Crippen LogP contribution in [0, 0.1) is 0 Å². The first-order valence-electron chi connectivity index (χ1n) is 8.81. The van der Waals surface area contributed by atoms with Gasteiger partial charge in [0.25, 0.3) is 0 Å². The SMILES string of the molecule is O=C1C(Nc2nccn3cnnc23)CCCN1CCN1CCOCC1. The third-order valence-corrected chi connectivity index (χ3v) is 4.85. The van der Waals surface area contributed by atoms with Crippen LogP contribution in [0.2, 0.25) is 0 Å². The predicted octanol–water partition coefficient (Wildman–Crippen LogP) is -0.141. The molecule has 1 unspecified atom stereocenters. The standard InChI is InChI=1S/C16H23N7O2/c24-16-13(19-14-15-20-18-12-23(15)5-3-17-14)2-1-4-22(16)7-6-21-8-10-25-11-9-21/h3,5,12-13H,1-2,4,6-11H2,(H,17,19). The van der Waals surface area contributed by atoms with Crippen molar-refractivity contribution in [3.8, 4) is 0 Å². The number of rotatable bonds is 5. The Morgan fingerprint density at radius 1 is 1.24 bits per heavy atom. The smallest absolute Gasteiger partial charge is 0.245 e. The van der Waals surface area contributed by atoms with E-state index >= 15 is 0 Å². The molecule has 0 radical (unpaired) electrons. The van der Waals surface area contributed by atoms with Crippen molar-refractivity contribution in [3.05, 3.63) is 18.7 Å². The van der Waals surface area contributed by atoms with Crippen LogP contribution in [0.1, 0.15) is 12.8 Å². The molecule has 1 atom stereocenters. The molecule has 0 aliphatic carbocycles. The van der Waals surface area contributed by atoms with Gasteiger partial charge >= 0.3 is 0 Å². The lowest BCUT2D eigenvalue weighted by atomic mass is 10.0. The molecule has 4 heterocycles. The highest BCUT2D eigenvalue weighted by Gasteiger charge is 2.29. The van der Waals surface area contributed by atoms with Gasteiger partial charge in [-0.05, 0) is 12.8 Å². The van der Waals surface area contributed by atoms with E-state index in [1.54, 1.807) is 23.1 Å². The number of likely N-dealkylation sites (tertiary alicyclic amines) is 1. The fourth-order valence-corrected chi connectivity index (χ4v) is 3.41. The maximum absolute atomic E-state index is 12.8. The maximum Gasteiger partial charge on any atom is 0.245 e. The lowest BCUT2D eigenvalue weighted by Crippen LogP contribution is -2.50. The summed E-state index contributed by atoms with van der Waals surface area (Å²) in [6, 6.07) is -0.256. The molecule has 134 valence electrons. The zero-order valence-electron chi connectivity index (χ0n) is 14.2. The topological polar surface area (TPSA) is 87.9 Å². The number of morpholine rings is 1. The van der Waals surface area contributed by atoms with Gasteiger partial charge in [-0.3, -0.25) is 14.1 Å². The minimum absolute atomic E-state index is 0.142. The number of carbonyl (C=O) groups excluding carboxylic acids is 1. The van der Waals surface area contributed by atoms with Gasteiger partial charge in [0.1, 0.15) is 12.4 Å². The van der Waals surface area contributed by atoms with Crippen LogP contribution in [-0.2, 0) is 9.53 Å². The Kier molecular flexibility index (Phi) is 4.75. The second kappa shape index (κ2) is 7.32. The van der Waals surface area contributed by atoms with Crippen molar-refractivity contribution in [2.24, 2.45) is 0 Å². The second-order valence-electron chi connectivity index (χ2n) is 6.46. The first kappa shape index (κ1) is 16.2. The van der Waals surface area contributed by atoms with Gasteiger partial charge in [-0.15, -0.1) is 10.2 Å². The number of amides is 1. The van der Waals surface area contributed by atoms with Gasteiger partial charge in [-0.1, -0.05) is 0 Å². The number of fused-ring (bicyclic) bond motifs is 1. The third kappa shape index (κ3) is 3.57. The Balaban J connectivity index is 1.38. The molecule has 4 rings (SSSR count). The number of hydrogen-bond donors (Lipinski definition) is 1. The molecule has 2 aliphatic rings. The molecule has 2 saturated heterocycles. The average Bonchev–Trinajstić information content (AvgIpc) is 3.13. The van der Waals surface area contributed by atoms with Crippen LogP contribution < -0.4 is 5.32 Å². The van der Waals surface area contributed by atoms with E-state index in [-0.39, 0.29) is 11.9 Å². The Hall–Kier alpha value is -2.26. The zero-order chi connectivity index (χ0) is 17.1. The summed E-state index contributed by atoms with van der Waals surface area (Å²) in [6.45, 7) is 5.95. The molecular formula is C16H23N7O2. The Labute approximate surface area is 146 Å². The fourth-order valence-electron chi connectivity index (χ4n) is 3.41. The summed E-state index contributed by atoms with van der Waals surface area (Å²) in [5, 5.41) is 11.2. The van der Waals surface area contributed by atoms with Crippen molar-refractivity contribution in [1.29, 1.82) is 0 Å². The number of carbonyl (C=O) groups is 1. The first-order valence-corrected chi connectivity index (χ1v) is 8.81. The summed E-state index contributed by atoms with van der Waals surface area (Å²) >= 11 is 0. The average molecular weight is 345 g/mol. The van der Waals surface area contributed by atoms with Crippen molar-refractivity contribution >= 4 is 17.4 Å². The highest BCUT2D eigenvalue weighted by molar-refractivity contribution is 5.86. The van der Waals surface area contributed by atoms with Gasteiger partial charge < -0.3 is 15.0 Å². The minimum Gasteiger partial charge on any atom is -0.379 e. The summed E-state index contributed by atoms with van der Waals surface area (Å²) in [5.41, 5.74) is 0.640. The van der Waals surface area contributed by atoms with E-state index in [9.17, 15) is 4.79 Å². The van der Waals surface area contributed by atoms with Crippen LogP contribution in [0.25, 0.3) is 5.65 Å². The Bertz CT molecular complexity index is 728. The molecule has 9 heteroatoms. The number of nitrogens with one attached hydrogen (secondary N) is 1. The van der Waals surface area contributed by atoms with Crippen LogP contribution in [0.3, 0.4) is 0 Å². The molecule has 0 aromatic carbocycles. The number of hydrogen-bond acceptors (Lipinski definition) is 7.